The average molecular weight is 466 g/mol. The number of esters is 1. The molecule has 0 heterocycles. The first kappa shape index (κ1) is 23.7. The number of fused-ring (bicyclic) bond motifs is 1. The third-order valence-electron chi connectivity index (χ3n) is 5.60. The second-order valence-corrected chi connectivity index (χ2v) is 9.96. The summed E-state index contributed by atoms with van der Waals surface area (Å²) >= 11 is 5.87. The van der Waals surface area contributed by atoms with Gasteiger partial charge in [0.15, 0.2) is 0 Å². The van der Waals surface area contributed by atoms with Gasteiger partial charge in [-0.1, -0.05) is 23.7 Å². The van der Waals surface area contributed by atoms with E-state index in [0.717, 1.165) is 29.5 Å². The van der Waals surface area contributed by atoms with Crippen LogP contribution in [0.1, 0.15) is 41.5 Å². The lowest BCUT2D eigenvalue weighted by atomic mass is 9.83. The Kier molecular flexibility index (Phi) is 8.11. The summed E-state index contributed by atoms with van der Waals surface area (Å²) in [5.41, 5.74) is 4.49. The average Bonchev–Trinajstić information content (AvgIpc) is 2.75. The molecule has 0 amide bonds. The maximum absolute atomic E-state index is 12.8. The maximum Gasteiger partial charge on any atom is 0.305 e. The first-order valence-electron chi connectivity index (χ1n) is 10.4. The Balaban J connectivity index is 1.80. The van der Waals surface area contributed by atoms with Crippen LogP contribution in [0.15, 0.2) is 41.3 Å². The molecule has 2 N–H and O–H groups in total. The molecule has 0 saturated heterocycles. The lowest BCUT2D eigenvalue weighted by Gasteiger charge is -2.28. The number of benzene rings is 2. The summed E-state index contributed by atoms with van der Waals surface area (Å²) in [5.74, 6) is -0.251. The van der Waals surface area contributed by atoms with E-state index in [-0.39, 0.29) is 23.5 Å². The van der Waals surface area contributed by atoms with Crippen LogP contribution in [0.25, 0.3) is 0 Å². The van der Waals surface area contributed by atoms with E-state index in [4.69, 9.17) is 16.3 Å². The number of rotatable bonds is 9. The third kappa shape index (κ3) is 6.29. The summed E-state index contributed by atoms with van der Waals surface area (Å²) in [4.78, 5) is 11.8. The number of nitrogens with one attached hydrogen (secondary N) is 1. The summed E-state index contributed by atoms with van der Waals surface area (Å²) in [6.45, 7) is 0.109. The van der Waals surface area contributed by atoms with Gasteiger partial charge in [-0.15, -0.1) is 0 Å². The number of methoxy groups -OCH3 is 1. The molecule has 1 aliphatic carbocycles. The van der Waals surface area contributed by atoms with Crippen LogP contribution >= 0.6 is 11.6 Å². The van der Waals surface area contributed by atoms with Gasteiger partial charge in [0.2, 0.25) is 10.0 Å². The number of carbonyl (C=O) groups excluding carboxylic acids is 1. The first-order chi connectivity index (χ1) is 14.8. The number of sulfonamides is 1. The fraction of sp³-hybridized carbons (Fsp3) is 0.435. The quantitative estimate of drug-likeness (QED) is 0.555. The Morgan fingerprint density at radius 1 is 1.23 bits per heavy atom. The largest absolute Gasteiger partial charge is 0.469 e. The zero-order valence-corrected chi connectivity index (χ0v) is 19.1. The molecule has 0 aliphatic heterocycles. The van der Waals surface area contributed by atoms with Crippen molar-refractivity contribution in [3.8, 4) is 0 Å². The van der Waals surface area contributed by atoms with Crippen LogP contribution in [0.3, 0.4) is 0 Å². The zero-order chi connectivity index (χ0) is 22.4. The van der Waals surface area contributed by atoms with Crippen molar-refractivity contribution >= 4 is 27.6 Å². The van der Waals surface area contributed by atoms with Crippen LogP contribution in [0.4, 0.5) is 0 Å². The molecule has 31 heavy (non-hydrogen) atoms. The van der Waals surface area contributed by atoms with E-state index in [0.29, 0.717) is 37.1 Å². The molecule has 1 aliphatic rings. The van der Waals surface area contributed by atoms with E-state index in [2.05, 4.69) is 16.9 Å². The minimum atomic E-state index is -3.64. The molecule has 8 heteroatoms. The molecule has 1 unspecified atom stereocenters. The summed E-state index contributed by atoms with van der Waals surface area (Å²) in [6.07, 6.45) is 4.28. The lowest BCUT2D eigenvalue weighted by molar-refractivity contribution is -0.140. The normalized spacial score (nSPS) is 16.0. The van der Waals surface area contributed by atoms with Crippen molar-refractivity contribution in [1.29, 1.82) is 0 Å². The van der Waals surface area contributed by atoms with Crippen LogP contribution in [0.2, 0.25) is 5.02 Å². The molecule has 0 radical (unpaired) electrons. The molecule has 3 rings (SSSR count). The Labute approximate surface area is 188 Å². The van der Waals surface area contributed by atoms with E-state index < -0.39 is 10.0 Å². The third-order valence-corrected chi connectivity index (χ3v) is 7.39. The predicted octanol–water partition coefficient (Wildman–Crippen LogP) is 3.21. The lowest BCUT2D eigenvalue weighted by Crippen LogP contribution is -2.39. The Bertz CT molecular complexity index is 1020. The molecule has 0 bridgehead atoms. The van der Waals surface area contributed by atoms with Crippen LogP contribution < -0.4 is 4.72 Å². The highest BCUT2D eigenvalue weighted by molar-refractivity contribution is 7.89. The SMILES string of the molecule is COC(=O)CCc1cc(CCCO)cc2c1CCC(NS(=O)(=O)c1ccc(Cl)cc1)C2. The Morgan fingerprint density at radius 3 is 2.65 bits per heavy atom. The highest BCUT2D eigenvalue weighted by Crippen LogP contribution is 2.29. The van der Waals surface area contributed by atoms with Crippen LogP contribution in [0, 0.1) is 0 Å². The van der Waals surface area contributed by atoms with E-state index in [1.807, 2.05) is 0 Å². The molecule has 0 saturated carbocycles. The molecule has 2 aromatic rings. The van der Waals surface area contributed by atoms with Crippen molar-refractivity contribution in [3.05, 3.63) is 63.7 Å². The number of carbonyl (C=O) groups is 1. The van der Waals surface area contributed by atoms with Crippen LogP contribution in [-0.2, 0) is 45.2 Å². The molecular weight excluding hydrogens is 438 g/mol. The van der Waals surface area contributed by atoms with Gasteiger partial charge in [-0.2, -0.15) is 0 Å². The summed E-state index contributed by atoms with van der Waals surface area (Å²) < 4.78 is 33.2. The van der Waals surface area contributed by atoms with Gasteiger partial charge < -0.3 is 9.84 Å². The Morgan fingerprint density at radius 2 is 1.97 bits per heavy atom. The smallest absolute Gasteiger partial charge is 0.305 e. The van der Waals surface area contributed by atoms with E-state index in [1.54, 1.807) is 12.1 Å². The molecule has 0 fully saturated rings. The minimum Gasteiger partial charge on any atom is -0.469 e. The van der Waals surface area contributed by atoms with Crippen molar-refractivity contribution in [3.63, 3.8) is 0 Å². The monoisotopic (exact) mass is 465 g/mol. The van der Waals surface area contributed by atoms with E-state index in [9.17, 15) is 18.3 Å². The number of hydrogen-bond donors (Lipinski definition) is 2. The molecule has 2 aromatic carbocycles. The molecule has 168 valence electrons. The summed E-state index contributed by atoms with van der Waals surface area (Å²) in [7, 11) is -2.26. The van der Waals surface area contributed by atoms with E-state index in [1.165, 1.54) is 24.8 Å². The molecular formula is C23H28ClNO5S. The van der Waals surface area contributed by atoms with Crippen molar-refractivity contribution in [2.45, 2.75) is 55.9 Å². The predicted molar refractivity (Wildman–Crippen MR) is 120 cm³/mol. The van der Waals surface area contributed by atoms with Crippen LogP contribution in [0.5, 0.6) is 0 Å². The highest BCUT2D eigenvalue weighted by atomic mass is 35.5. The summed E-state index contributed by atoms with van der Waals surface area (Å²) in [6, 6.07) is 10.1. The van der Waals surface area contributed by atoms with Crippen molar-refractivity contribution in [1.82, 2.24) is 4.72 Å². The number of ether oxygens (including phenoxy) is 1. The van der Waals surface area contributed by atoms with Gasteiger partial charge in [0.05, 0.1) is 12.0 Å². The zero-order valence-electron chi connectivity index (χ0n) is 17.6. The molecule has 1 atom stereocenters. The van der Waals surface area contributed by atoms with Gasteiger partial charge in [-0.25, -0.2) is 13.1 Å². The summed E-state index contributed by atoms with van der Waals surface area (Å²) in [5, 5.41) is 9.68. The van der Waals surface area contributed by atoms with Gasteiger partial charge in [-0.05, 0) is 85.0 Å². The number of aryl methyl sites for hydroxylation is 2. The van der Waals surface area contributed by atoms with Crippen molar-refractivity contribution in [2.24, 2.45) is 0 Å². The standard InChI is InChI=1S/C23H28ClNO5S/c1-30-23(27)11-4-17-13-16(3-2-12-26)14-18-15-20(7-10-22(17)18)25-31(28,29)21-8-5-19(24)6-9-21/h5-6,8-9,13-14,20,25-26H,2-4,7,10-12,15H2,1H3. The molecule has 0 spiro atoms. The minimum absolute atomic E-state index is 0.109. The van der Waals surface area contributed by atoms with Crippen molar-refractivity contribution < 1.29 is 23.1 Å². The first-order valence-corrected chi connectivity index (χ1v) is 12.3. The number of hydrogen-bond acceptors (Lipinski definition) is 5. The maximum atomic E-state index is 12.8. The number of aliphatic hydroxyl groups is 1. The van der Waals surface area contributed by atoms with Gasteiger partial charge in [0, 0.05) is 24.1 Å². The van der Waals surface area contributed by atoms with Gasteiger partial charge in [0.1, 0.15) is 0 Å². The molecule has 6 nitrogen and oxygen atoms in total. The van der Waals surface area contributed by atoms with Gasteiger partial charge in [-0.3, -0.25) is 4.79 Å². The highest BCUT2D eigenvalue weighted by Gasteiger charge is 2.26. The Hall–Kier alpha value is -1.93. The second kappa shape index (κ2) is 10.6. The number of aliphatic hydroxyl groups excluding tert-OH is 1. The fourth-order valence-corrected chi connectivity index (χ4v) is 5.45. The van der Waals surface area contributed by atoms with Gasteiger partial charge >= 0.3 is 5.97 Å². The topological polar surface area (TPSA) is 92.7 Å². The van der Waals surface area contributed by atoms with E-state index >= 15 is 0 Å². The molecule has 0 aromatic heterocycles. The second-order valence-electron chi connectivity index (χ2n) is 7.81. The van der Waals surface area contributed by atoms with Crippen molar-refractivity contribution in [2.75, 3.05) is 13.7 Å². The van der Waals surface area contributed by atoms with Gasteiger partial charge in [0.25, 0.3) is 0 Å². The number of halogens is 1. The fourth-order valence-electron chi connectivity index (χ4n) is 4.05. The van der Waals surface area contributed by atoms with Crippen LogP contribution in [-0.4, -0.2) is 39.3 Å².